The number of nitrogens with zero attached hydrogens (tertiary/aromatic N) is 1. The molecule has 3 nitrogen and oxygen atoms in total. The maximum atomic E-state index is 13.3. The maximum absolute atomic E-state index is 13.3. The van der Waals surface area contributed by atoms with Crippen LogP contribution in [0.4, 0.5) is 10.1 Å². The number of benzene rings is 1. The van der Waals surface area contributed by atoms with Gasteiger partial charge < -0.3 is 15.1 Å². The Morgan fingerprint density at radius 2 is 2.12 bits per heavy atom. The van der Waals surface area contributed by atoms with Crippen molar-refractivity contribution in [3.8, 4) is 0 Å². The summed E-state index contributed by atoms with van der Waals surface area (Å²) < 4.78 is 13.3. The molecule has 0 saturated carbocycles. The van der Waals surface area contributed by atoms with Crippen molar-refractivity contribution < 1.29 is 14.6 Å². The lowest BCUT2D eigenvalue weighted by Crippen LogP contribution is -2.32. The van der Waals surface area contributed by atoms with Gasteiger partial charge in [-0.3, -0.25) is 0 Å². The van der Waals surface area contributed by atoms with Crippen LogP contribution in [0.1, 0.15) is 18.4 Å². The van der Waals surface area contributed by atoms with E-state index in [2.05, 4.69) is 0 Å². The van der Waals surface area contributed by atoms with Crippen molar-refractivity contribution in [1.29, 1.82) is 0 Å². The van der Waals surface area contributed by atoms with Gasteiger partial charge in [-0.05, 0) is 36.6 Å². The third-order valence-electron chi connectivity index (χ3n) is 3.04. The normalized spacial score (nSPS) is 20.4. The summed E-state index contributed by atoms with van der Waals surface area (Å²) in [5.41, 5.74) is 1.32. The number of aliphatic hydroxyl groups is 2. The van der Waals surface area contributed by atoms with Crippen molar-refractivity contribution in [2.45, 2.75) is 25.5 Å². The molecule has 1 heterocycles. The van der Waals surface area contributed by atoms with Crippen molar-refractivity contribution in [3.05, 3.63) is 29.6 Å². The zero-order valence-electron chi connectivity index (χ0n) is 9.06. The van der Waals surface area contributed by atoms with Gasteiger partial charge in [0.15, 0.2) is 0 Å². The molecule has 1 unspecified atom stereocenters. The lowest BCUT2D eigenvalue weighted by Gasteiger charge is -2.25. The van der Waals surface area contributed by atoms with Crippen LogP contribution in [0.5, 0.6) is 0 Å². The van der Waals surface area contributed by atoms with E-state index < -0.39 is 0 Å². The Kier molecular flexibility index (Phi) is 3.41. The average molecular weight is 225 g/mol. The van der Waals surface area contributed by atoms with Crippen molar-refractivity contribution in [3.63, 3.8) is 0 Å². The summed E-state index contributed by atoms with van der Waals surface area (Å²) in [5.74, 6) is -0.342. The average Bonchev–Trinajstić information content (AvgIpc) is 2.76. The van der Waals surface area contributed by atoms with Gasteiger partial charge >= 0.3 is 0 Å². The molecular weight excluding hydrogens is 209 g/mol. The summed E-state index contributed by atoms with van der Waals surface area (Å²) in [7, 11) is 0. The van der Waals surface area contributed by atoms with Gasteiger partial charge in [-0.1, -0.05) is 0 Å². The lowest BCUT2D eigenvalue weighted by atomic mass is 10.1. The maximum Gasteiger partial charge on any atom is 0.125 e. The summed E-state index contributed by atoms with van der Waals surface area (Å²) >= 11 is 0. The largest absolute Gasteiger partial charge is 0.394 e. The number of anilines is 1. The van der Waals surface area contributed by atoms with Crippen LogP contribution < -0.4 is 4.90 Å². The van der Waals surface area contributed by atoms with E-state index in [0.29, 0.717) is 5.56 Å². The van der Waals surface area contributed by atoms with Gasteiger partial charge in [0, 0.05) is 12.2 Å². The SMILES string of the molecule is OCc1cc(F)cc(N2CCCC2CO)c1. The third kappa shape index (κ3) is 2.18. The fourth-order valence-corrected chi connectivity index (χ4v) is 2.26. The molecule has 0 aliphatic carbocycles. The molecule has 0 bridgehead atoms. The highest BCUT2D eigenvalue weighted by atomic mass is 19.1. The standard InChI is InChI=1S/C12H16FNO2/c13-10-4-9(7-15)5-12(6-10)14-3-1-2-11(14)8-16/h4-6,11,15-16H,1-3,7-8H2. The minimum absolute atomic E-state index is 0.0772. The molecule has 1 atom stereocenters. The zero-order chi connectivity index (χ0) is 11.5. The van der Waals surface area contributed by atoms with E-state index in [1.807, 2.05) is 4.90 Å². The van der Waals surface area contributed by atoms with Crippen molar-refractivity contribution in [1.82, 2.24) is 0 Å². The molecule has 1 aromatic carbocycles. The Bertz CT molecular complexity index is 370. The van der Waals surface area contributed by atoms with E-state index in [9.17, 15) is 9.50 Å². The minimum Gasteiger partial charge on any atom is -0.394 e. The molecule has 0 spiro atoms. The number of aliphatic hydroxyl groups excluding tert-OH is 2. The van der Waals surface area contributed by atoms with E-state index in [1.54, 1.807) is 6.07 Å². The van der Waals surface area contributed by atoms with E-state index >= 15 is 0 Å². The second-order valence-corrected chi connectivity index (χ2v) is 4.15. The molecule has 1 aromatic rings. The molecule has 4 heteroatoms. The van der Waals surface area contributed by atoms with Crippen LogP contribution in [0.3, 0.4) is 0 Å². The summed E-state index contributed by atoms with van der Waals surface area (Å²) in [4.78, 5) is 2.00. The predicted molar refractivity (Wildman–Crippen MR) is 59.8 cm³/mol. The van der Waals surface area contributed by atoms with Crippen LogP contribution in [-0.4, -0.2) is 29.4 Å². The first kappa shape index (κ1) is 11.4. The monoisotopic (exact) mass is 225 g/mol. The molecule has 0 aromatic heterocycles. The molecule has 88 valence electrons. The van der Waals surface area contributed by atoms with Gasteiger partial charge in [-0.2, -0.15) is 0 Å². The van der Waals surface area contributed by atoms with Crippen LogP contribution >= 0.6 is 0 Å². The summed E-state index contributed by atoms with van der Waals surface area (Å²) in [6.07, 6.45) is 1.94. The van der Waals surface area contributed by atoms with Crippen LogP contribution in [0.25, 0.3) is 0 Å². The molecule has 1 aliphatic heterocycles. The smallest absolute Gasteiger partial charge is 0.125 e. The highest BCUT2D eigenvalue weighted by molar-refractivity contribution is 5.50. The van der Waals surface area contributed by atoms with Crippen LogP contribution in [0.15, 0.2) is 18.2 Å². The molecule has 0 amide bonds. The Morgan fingerprint density at radius 3 is 2.81 bits per heavy atom. The summed E-state index contributed by atoms with van der Waals surface area (Å²) in [6, 6.07) is 4.63. The Morgan fingerprint density at radius 1 is 1.31 bits per heavy atom. The number of hydrogen-bond donors (Lipinski definition) is 2. The Labute approximate surface area is 94.1 Å². The van der Waals surface area contributed by atoms with Gasteiger partial charge in [0.25, 0.3) is 0 Å². The Balaban J connectivity index is 2.28. The summed E-state index contributed by atoms with van der Waals surface area (Å²) in [5, 5.41) is 18.2. The third-order valence-corrected chi connectivity index (χ3v) is 3.04. The number of rotatable bonds is 3. The fraction of sp³-hybridized carbons (Fsp3) is 0.500. The minimum atomic E-state index is -0.342. The van der Waals surface area contributed by atoms with Gasteiger partial charge in [0.1, 0.15) is 5.82 Å². The molecule has 0 radical (unpaired) electrons. The van der Waals surface area contributed by atoms with Crippen molar-refractivity contribution in [2.75, 3.05) is 18.1 Å². The first-order chi connectivity index (χ1) is 7.74. The van der Waals surface area contributed by atoms with Gasteiger partial charge in [-0.15, -0.1) is 0 Å². The zero-order valence-corrected chi connectivity index (χ0v) is 9.06. The van der Waals surface area contributed by atoms with Crippen molar-refractivity contribution >= 4 is 5.69 Å². The highest BCUT2D eigenvalue weighted by Gasteiger charge is 2.24. The second kappa shape index (κ2) is 4.80. The first-order valence-corrected chi connectivity index (χ1v) is 5.52. The lowest BCUT2D eigenvalue weighted by molar-refractivity contribution is 0.266. The predicted octanol–water partition coefficient (Wildman–Crippen LogP) is 1.28. The molecule has 16 heavy (non-hydrogen) atoms. The van der Waals surface area contributed by atoms with Crippen LogP contribution in [0, 0.1) is 5.82 Å². The molecule has 1 saturated heterocycles. The molecule has 1 aliphatic rings. The van der Waals surface area contributed by atoms with E-state index in [1.165, 1.54) is 12.1 Å². The fourth-order valence-electron chi connectivity index (χ4n) is 2.26. The van der Waals surface area contributed by atoms with Gasteiger partial charge in [0.2, 0.25) is 0 Å². The number of hydrogen-bond acceptors (Lipinski definition) is 3. The highest BCUT2D eigenvalue weighted by Crippen LogP contribution is 2.27. The van der Waals surface area contributed by atoms with Crippen LogP contribution in [-0.2, 0) is 6.61 Å². The quantitative estimate of drug-likeness (QED) is 0.814. The topological polar surface area (TPSA) is 43.7 Å². The first-order valence-electron chi connectivity index (χ1n) is 5.52. The van der Waals surface area contributed by atoms with Crippen molar-refractivity contribution in [2.24, 2.45) is 0 Å². The van der Waals surface area contributed by atoms with Gasteiger partial charge in [0.05, 0.1) is 19.3 Å². The summed E-state index contributed by atoms with van der Waals surface area (Å²) in [6.45, 7) is 0.757. The van der Waals surface area contributed by atoms with Crippen LogP contribution in [0.2, 0.25) is 0 Å². The second-order valence-electron chi connectivity index (χ2n) is 4.15. The molecule has 2 N–H and O–H groups in total. The van der Waals surface area contributed by atoms with E-state index in [-0.39, 0.29) is 25.1 Å². The Hall–Kier alpha value is -1.13. The molecular formula is C12H16FNO2. The van der Waals surface area contributed by atoms with E-state index in [0.717, 1.165) is 25.1 Å². The van der Waals surface area contributed by atoms with Gasteiger partial charge in [-0.25, -0.2) is 4.39 Å². The molecule has 1 fully saturated rings. The van der Waals surface area contributed by atoms with E-state index in [4.69, 9.17) is 5.11 Å². The molecule has 2 rings (SSSR count). The number of halogens is 1.